The lowest BCUT2D eigenvalue weighted by atomic mass is 9.82. The maximum absolute atomic E-state index is 11.8. The number of carbonyl (C=O) groups is 2. The molecule has 3 heteroatoms. The van der Waals surface area contributed by atoms with E-state index in [4.69, 9.17) is 4.74 Å². The van der Waals surface area contributed by atoms with E-state index in [2.05, 4.69) is 0 Å². The van der Waals surface area contributed by atoms with Gasteiger partial charge in [-0.1, -0.05) is 6.92 Å². The summed E-state index contributed by atoms with van der Waals surface area (Å²) in [6, 6.07) is 0. The fourth-order valence-corrected chi connectivity index (χ4v) is 2.31. The highest BCUT2D eigenvalue weighted by Gasteiger charge is 2.40. The monoisotopic (exact) mass is 208 g/mol. The highest BCUT2D eigenvalue weighted by Crippen LogP contribution is 2.37. The van der Waals surface area contributed by atoms with Crippen molar-refractivity contribution < 1.29 is 14.3 Å². The van der Waals surface area contributed by atoms with Crippen molar-refractivity contribution in [2.24, 2.45) is 5.92 Å². The van der Waals surface area contributed by atoms with Gasteiger partial charge in [-0.15, -0.1) is 0 Å². The van der Waals surface area contributed by atoms with Crippen molar-refractivity contribution in [3.63, 3.8) is 0 Å². The molecule has 2 rings (SSSR count). The maximum Gasteiger partial charge on any atom is 0.173 e. The van der Waals surface area contributed by atoms with Crippen LogP contribution in [-0.2, 0) is 14.3 Å². The average Bonchev–Trinajstić information content (AvgIpc) is 1.97. The zero-order valence-electron chi connectivity index (χ0n) is 9.42. The molecule has 0 aromatic rings. The lowest BCUT2D eigenvalue weighted by molar-refractivity contribution is -0.129. The minimum Gasteiger partial charge on any atom is -0.491 e. The smallest absolute Gasteiger partial charge is 0.173 e. The molecule has 1 heterocycles. The number of ether oxygens (including phenoxy) is 1. The largest absolute Gasteiger partial charge is 0.491 e. The van der Waals surface area contributed by atoms with Crippen LogP contribution in [0, 0.1) is 5.92 Å². The zero-order chi connectivity index (χ0) is 11.2. The average molecular weight is 208 g/mol. The van der Waals surface area contributed by atoms with Crippen LogP contribution in [-0.4, -0.2) is 17.2 Å². The van der Waals surface area contributed by atoms with E-state index >= 15 is 0 Å². The minimum atomic E-state index is -0.451. The van der Waals surface area contributed by atoms with Gasteiger partial charge >= 0.3 is 0 Å². The Bertz CT molecular complexity index is 363. The molecule has 0 amide bonds. The number of carbonyl (C=O) groups excluding carboxylic acids is 2. The van der Waals surface area contributed by atoms with Crippen molar-refractivity contribution in [2.75, 3.05) is 0 Å². The number of hydrogen-bond donors (Lipinski definition) is 0. The van der Waals surface area contributed by atoms with Crippen LogP contribution in [0.4, 0.5) is 0 Å². The summed E-state index contributed by atoms with van der Waals surface area (Å²) in [4.78, 5) is 23.5. The third kappa shape index (κ3) is 1.83. The van der Waals surface area contributed by atoms with E-state index in [-0.39, 0.29) is 17.5 Å². The van der Waals surface area contributed by atoms with Gasteiger partial charge in [0.15, 0.2) is 11.6 Å². The van der Waals surface area contributed by atoms with Crippen molar-refractivity contribution in [2.45, 2.75) is 45.6 Å². The standard InChI is InChI=1S/C12H16O3/c1-7-4-8(13)11-9(14)6-12(2,3)15-10(11)5-7/h7H,4-6H2,1-3H3. The molecular formula is C12H16O3. The maximum atomic E-state index is 11.8. The van der Waals surface area contributed by atoms with Gasteiger partial charge in [0, 0.05) is 12.8 Å². The molecule has 2 aliphatic rings. The van der Waals surface area contributed by atoms with Gasteiger partial charge in [-0.2, -0.15) is 0 Å². The molecule has 15 heavy (non-hydrogen) atoms. The highest BCUT2D eigenvalue weighted by atomic mass is 16.5. The highest BCUT2D eigenvalue weighted by molar-refractivity contribution is 6.21. The molecule has 82 valence electrons. The van der Waals surface area contributed by atoms with E-state index in [1.165, 1.54) is 0 Å². The Kier molecular flexibility index (Phi) is 2.21. The van der Waals surface area contributed by atoms with Gasteiger partial charge in [-0.25, -0.2) is 0 Å². The normalized spacial score (nSPS) is 29.9. The quantitative estimate of drug-likeness (QED) is 0.572. The predicted octanol–water partition coefficient (Wildman–Crippen LogP) is 2.01. The van der Waals surface area contributed by atoms with Gasteiger partial charge in [-0.3, -0.25) is 9.59 Å². The molecule has 1 aliphatic heterocycles. The fourth-order valence-electron chi connectivity index (χ4n) is 2.31. The lowest BCUT2D eigenvalue weighted by Crippen LogP contribution is -2.38. The van der Waals surface area contributed by atoms with Gasteiger partial charge in [-0.05, 0) is 19.8 Å². The molecule has 0 aromatic carbocycles. The Morgan fingerprint density at radius 3 is 2.53 bits per heavy atom. The predicted molar refractivity (Wildman–Crippen MR) is 55.2 cm³/mol. The summed E-state index contributed by atoms with van der Waals surface area (Å²) in [5, 5.41) is 0. The van der Waals surface area contributed by atoms with Crippen molar-refractivity contribution in [3.8, 4) is 0 Å². The molecule has 0 radical (unpaired) electrons. The summed E-state index contributed by atoms with van der Waals surface area (Å²) >= 11 is 0. The van der Waals surface area contributed by atoms with E-state index in [1.54, 1.807) is 0 Å². The SMILES string of the molecule is CC1CC(=O)C2=C(C1)OC(C)(C)CC2=O. The number of allylic oxidation sites excluding steroid dienone is 2. The molecule has 0 aromatic heterocycles. The van der Waals surface area contributed by atoms with Gasteiger partial charge in [0.2, 0.25) is 0 Å². The van der Waals surface area contributed by atoms with Crippen LogP contribution < -0.4 is 0 Å². The van der Waals surface area contributed by atoms with Gasteiger partial charge in [0.25, 0.3) is 0 Å². The van der Waals surface area contributed by atoms with Crippen LogP contribution in [0.2, 0.25) is 0 Å². The number of hydrogen-bond acceptors (Lipinski definition) is 3. The van der Waals surface area contributed by atoms with Crippen LogP contribution >= 0.6 is 0 Å². The second-order valence-electron chi connectivity index (χ2n) is 5.20. The first-order chi connectivity index (χ1) is 6.89. The molecule has 1 atom stereocenters. The van der Waals surface area contributed by atoms with E-state index in [9.17, 15) is 9.59 Å². The first-order valence-corrected chi connectivity index (χ1v) is 5.37. The van der Waals surface area contributed by atoms with Crippen molar-refractivity contribution >= 4 is 11.6 Å². The zero-order valence-corrected chi connectivity index (χ0v) is 9.42. The van der Waals surface area contributed by atoms with E-state index in [1.807, 2.05) is 20.8 Å². The van der Waals surface area contributed by atoms with Gasteiger partial charge in [0.1, 0.15) is 11.4 Å². The van der Waals surface area contributed by atoms with E-state index in [0.717, 1.165) is 6.42 Å². The summed E-state index contributed by atoms with van der Waals surface area (Å²) in [7, 11) is 0. The van der Waals surface area contributed by atoms with Gasteiger partial charge in [0.05, 0.1) is 12.0 Å². The Morgan fingerprint density at radius 2 is 1.87 bits per heavy atom. The van der Waals surface area contributed by atoms with Gasteiger partial charge < -0.3 is 4.74 Å². The Hall–Kier alpha value is -1.12. The van der Waals surface area contributed by atoms with Crippen LogP contribution in [0.25, 0.3) is 0 Å². The van der Waals surface area contributed by atoms with Crippen molar-refractivity contribution in [3.05, 3.63) is 11.3 Å². The molecule has 3 nitrogen and oxygen atoms in total. The minimum absolute atomic E-state index is 0.0377. The topological polar surface area (TPSA) is 43.4 Å². The second-order valence-corrected chi connectivity index (χ2v) is 5.20. The Labute approximate surface area is 89.5 Å². The molecule has 0 fully saturated rings. The second kappa shape index (κ2) is 3.19. The summed E-state index contributed by atoms with van der Waals surface area (Å²) in [6.45, 7) is 5.79. The first kappa shape index (κ1) is 10.4. The molecule has 1 unspecified atom stereocenters. The molecular weight excluding hydrogens is 192 g/mol. The van der Waals surface area contributed by atoms with Crippen LogP contribution in [0.5, 0.6) is 0 Å². The van der Waals surface area contributed by atoms with Crippen LogP contribution in [0.1, 0.15) is 40.0 Å². The first-order valence-electron chi connectivity index (χ1n) is 5.37. The van der Waals surface area contributed by atoms with Crippen LogP contribution in [0.15, 0.2) is 11.3 Å². The van der Waals surface area contributed by atoms with E-state index < -0.39 is 5.60 Å². The lowest BCUT2D eigenvalue weighted by Gasteiger charge is -2.36. The molecule has 0 N–H and O–H groups in total. The summed E-state index contributed by atoms with van der Waals surface area (Å²) in [5.74, 6) is 0.834. The Morgan fingerprint density at radius 1 is 1.20 bits per heavy atom. The number of ketones is 2. The molecule has 0 spiro atoms. The van der Waals surface area contributed by atoms with Crippen molar-refractivity contribution in [1.29, 1.82) is 0 Å². The molecule has 0 saturated heterocycles. The molecule has 0 saturated carbocycles. The number of rotatable bonds is 0. The van der Waals surface area contributed by atoms with Crippen LogP contribution in [0.3, 0.4) is 0 Å². The summed E-state index contributed by atoms with van der Waals surface area (Å²) in [5.41, 5.74) is -0.111. The number of Topliss-reactive ketones (excluding diaryl/α,β-unsaturated/α-hetero) is 2. The van der Waals surface area contributed by atoms with Crippen molar-refractivity contribution in [1.82, 2.24) is 0 Å². The fraction of sp³-hybridized carbons (Fsp3) is 0.667. The summed E-state index contributed by atoms with van der Waals surface area (Å²) in [6.07, 6.45) is 1.51. The summed E-state index contributed by atoms with van der Waals surface area (Å²) < 4.78 is 5.73. The van der Waals surface area contributed by atoms with E-state index in [0.29, 0.717) is 24.2 Å². The third-order valence-corrected chi connectivity index (χ3v) is 2.89. The molecule has 1 aliphatic carbocycles. The molecule has 0 bridgehead atoms. The Balaban J connectivity index is 2.40. The third-order valence-electron chi connectivity index (χ3n) is 2.89.